The minimum absolute atomic E-state index is 0.139. The van der Waals surface area contributed by atoms with Crippen LogP contribution in [-0.2, 0) is 9.59 Å². The molecule has 28 heavy (non-hydrogen) atoms. The molecule has 2 aromatic rings. The van der Waals surface area contributed by atoms with Crippen LogP contribution in [0.25, 0.3) is 0 Å². The van der Waals surface area contributed by atoms with Crippen molar-refractivity contribution in [2.75, 3.05) is 24.2 Å². The lowest BCUT2D eigenvalue weighted by molar-refractivity contribution is -0.123. The number of aryl methyl sites for hydroxylation is 1. The summed E-state index contributed by atoms with van der Waals surface area (Å²) in [5, 5.41) is 6.02. The van der Waals surface area contributed by atoms with Gasteiger partial charge in [-0.25, -0.2) is 4.39 Å². The van der Waals surface area contributed by atoms with Crippen molar-refractivity contribution in [3.8, 4) is 0 Å². The smallest absolute Gasteiger partial charge is 0.264 e. The number of anilines is 2. The summed E-state index contributed by atoms with van der Waals surface area (Å²) >= 11 is 1.18. The van der Waals surface area contributed by atoms with E-state index in [0.717, 1.165) is 5.56 Å². The molecule has 0 aliphatic heterocycles. The summed E-state index contributed by atoms with van der Waals surface area (Å²) in [5.74, 6) is -1.24. The van der Waals surface area contributed by atoms with Crippen molar-refractivity contribution in [3.63, 3.8) is 0 Å². The molecule has 0 atom stereocenters. The lowest BCUT2D eigenvalue weighted by atomic mass is 9.96. The molecule has 0 saturated carbocycles. The number of hydrogen-bond acceptors (Lipinski definition) is 4. The number of nitrogens with one attached hydrogen (secondary N) is 2. The van der Waals surface area contributed by atoms with Crippen LogP contribution in [0.3, 0.4) is 0 Å². The van der Waals surface area contributed by atoms with Gasteiger partial charge in [0.15, 0.2) is 0 Å². The maximum Gasteiger partial charge on any atom is 0.264 e. The van der Waals surface area contributed by atoms with E-state index >= 15 is 0 Å². The molecule has 150 valence electrons. The van der Waals surface area contributed by atoms with Gasteiger partial charge < -0.3 is 15.5 Å². The van der Waals surface area contributed by atoms with Crippen LogP contribution in [-0.4, -0.2) is 36.2 Å². The molecule has 1 aromatic carbocycles. The van der Waals surface area contributed by atoms with E-state index in [1.165, 1.54) is 47.5 Å². The summed E-state index contributed by atoms with van der Waals surface area (Å²) < 4.78 is 12.9. The van der Waals surface area contributed by atoms with Crippen LogP contribution >= 0.6 is 11.3 Å². The van der Waals surface area contributed by atoms with Gasteiger partial charge in [0.2, 0.25) is 11.8 Å². The standard InChI is InChI=1S/C20H24FN3O3S/c1-12-10-16(23-19(27)20(2,3)4)28-17(12)18(26)24(5)11-15(25)22-14-8-6-13(21)7-9-14/h6-10H,11H2,1-5H3,(H,22,25)(H,23,27). The van der Waals surface area contributed by atoms with Gasteiger partial charge in [0.05, 0.1) is 16.4 Å². The fraction of sp³-hybridized carbons (Fsp3) is 0.350. The van der Waals surface area contributed by atoms with Gasteiger partial charge in [0.1, 0.15) is 5.82 Å². The number of carbonyl (C=O) groups is 3. The molecule has 2 N–H and O–H groups in total. The molecule has 1 aromatic heterocycles. The molecular formula is C20H24FN3O3S. The lowest BCUT2D eigenvalue weighted by Gasteiger charge is -2.17. The highest BCUT2D eigenvalue weighted by molar-refractivity contribution is 7.18. The zero-order valence-corrected chi connectivity index (χ0v) is 17.4. The monoisotopic (exact) mass is 405 g/mol. The minimum Gasteiger partial charge on any atom is -0.332 e. The maximum absolute atomic E-state index is 12.9. The molecule has 0 aliphatic rings. The average Bonchev–Trinajstić information content (AvgIpc) is 2.95. The van der Waals surface area contributed by atoms with E-state index in [2.05, 4.69) is 10.6 Å². The number of carbonyl (C=O) groups excluding carboxylic acids is 3. The van der Waals surface area contributed by atoms with Crippen LogP contribution in [0.1, 0.15) is 36.0 Å². The normalized spacial score (nSPS) is 11.1. The topological polar surface area (TPSA) is 78.5 Å². The number of benzene rings is 1. The second-order valence-corrected chi connectivity index (χ2v) is 8.60. The third-order valence-corrected chi connectivity index (χ3v) is 5.03. The van der Waals surface area contributed by atoms with E-state index in [-0.39, 0.29) is 18.4 Å². The Bertz CT molecular complexity index is 885. The Labute approximate surface area is 167 Å². The van der Waals surface area contributed by atoms with E-state index in [4.69, 9.17) is 0 Å². The van der Waals surface area contributed by atoms with Gasteiger partial charge in [0, 0.05) is 18.2 Å². The van der Waals surface area contributed by atoms with Crippen LogP contribution in [0, 0.1) is 18.2 Å². The number of rotatable bonds is 5. The molecule has 8 heteroatoms. The van der Waals surface area contributed by atoms with Gasteiger partial charge in [-0.3, -0.25) is 14.4 Å². The first kappa shape index (κ1) is 21.6. The lowest BCUT2D eigenvalue weighted by Crippen LogP contribution is -2.34. The molecule has 0 spiro atoms. The molecule has 0 unspecified atom stereocenters. The summed E-state index contributed by atoms with van der Waals surface area (Å²) in [6.45, 7) is 7.05. The maximum atomic E-state index is 12.9. The first-order valence-electron chi connectivity index (χ1n) is 8.70. The Morgan fingerprint density at radius 2 is 1.71 bits per heavy atom. The number of thiophene rings is 1. The second-order valence-electron chi connectivity index (χ2n) is 7.54. The molecule has 0 fully saturated rings. The van der Waals surface area contributed by atoms with Crippen LogP contribution in [0.5, 0.6) is 0 Å². The average molecular weight is 405 g/mol. The first-order chi connectivity index (χ1) is 13.0. The third-order valence-electron chi connectivity index (χ3n) is 3.89. The predicted octanol–water partition coefficient (Wildman–Crippen LogP) is 3.89. The summed E-state index contributed by atoms with van der Waals surface area (Å²) in [7, 11) is 1.53. The molecular weight excluding hydrogens is 381 g/mol. The highest BCUT2D eigenvalue weighted by Gasteiger charge is 2.24. The second kappa shape index (κ2) is 8.52. The molecule has 6 nitrogen and oxygen atoms in total. The van der Waals surface area contributed by atoms with Crippen molar-refractivity contribution in [1.29, 1.82) is 0 Å². The minimum atomic E-state index is -0.544. The molecule has 0 aliphatic carbocycles. The van der Waals surface area contributed by atoms with E-state index in [1.54, 1.807) is 13.0 Å². The Morgan fingerprint density at radius 3 is 2.29 bits per heavy atom. The molecule has 2 rings (SSSR count). The SMILES string of the molecule is Cc1cc(NC(=O)C(C)(C)C)sc1C(=O)N(C)CC(=O)Nc1ccc(F)cc1. The highest BCUT2D eigenvalue weighted by atomic mass is 32.1. The molecule has 3 amide bonds. The summed E-state index contributed by atoms with van der Waals surface area (Å²) in [6, 6.07) is 7.12. The van der Waals surface area contributed by atoms with E-state index in [1.807, 2.05) is 20.8 Å². The van der Waals surface area contributed by atoms with Gasteiger partial charge in [-0.1, -0.05) is 20.8 Å². The van der Waals surface area contributed by atoms with Crippen molar-refractivity contribution >= 4 is 39.7 Å². The Balaban J connectivity index is 2.01. The summed E-state index contributed by atoms with van der Waals surface area (Å²) in [5.41, 5.74) is 0.633. The van der Waals surface area contributed by atoms with Gasteiger partial charge in [-0.05, 0) is 42.8 Å². The summed E-state index contributed by atoms with van der Waals surface area (Å²) in [6.07, 6.45) is 0. The Kier molecular flexibility index (Phi) is 6.56. The van der Waals surface area contributed by atoms with Crippen molar-refractivity contribution < 1.29 is 18.8 Å². The van der Waals surface area contributed by atoms with Crippen molar-refractivity contribution in [2.24, 2.45) is 5.41 Å². The first-order valence-corrected chi connectivity index (χ1v) is 9.52. The molecule has 0 saturated heterocycles. The fourth-order valence-corrected chi connectivity index (χ4v) is 3.31. The van der Waals surface area contributed by atoms with Gasteiger partial charge in [-0.2, -0.15) is 0 Å². The van der Waals surface area contributed by atoms with Crippen LogP contribution in [0.4, 0.5) is 15.1 Å². The number of amides is 3. The largest absolute Gasteiger partial charge is 0.332 e. The predicted molar refractivity (Wildman–Crippen MR) is 109 cm³/mol. The summed E-state index contributed by atoms with van der Waals surface area (Å²) in [4.78, 5) is 38.7. The molecule has 0 bridgehead atoms. The highest BCUT2D eigenvalue weighted by Crippen LogP contribution is 2.29. The molecule has 0 radical (unpaired) electrons. The zero-order valence-electron chi connectivity index (χ0n) is 16.6. The van der Waals surface area contributed by atoms with Crippen molar-refractivity contribution in [3.05, 3.63) is 46.6 Å². The van der Waals surface area contributed by atoms with Gasteiger partial charge in [0.25, 0.3) is 5.91 Å². The van der Waals surface area contributed by atoms with E-state index in [9.17, 15) is 18.8 Å². The van der Waals surface area contributed by atoms with Crippen LogP contribution in [0.15, 0.2) is 30.3 Å². The quantitative estimate of drug-likeness (QED) is 0.792. The zero-order chi connectivity index (χ0) is 21.1. The fourth-order valence-electron chi connectivity index (χ4n) is 2.25. The number of nitrogens with zero attached hydrogens (tertiary/aromatic N) is 1. The van der Waals surface area contributed by atoms with Crippen molar-refractivity contribution in [1.82, 2.24) is 4.90 Å². The van der Waals surface area contributed by atoms with Crippen LogP contribution in [0.2, 0.25) is 0 Å². The third kappa shape index (κ3) is 5.63. The number of likely N-dealkylation sites (N-methyl/N-ethyl adjacent to an activating group) is 1. The Hall–Kier alpha value is -2.74. The van der Waals surface area contributed by atoms with Crippen molar-refractivity contribution in [2.45, 2.75) is 27.7 Å². The van der Waals surface area contributed by atoms with Gasteiger partial charge >= 0.3 is 0 Å². The van der Waals surface area contributed by atoms with E-state index < -0.39 is 17.1 Å². The van der Waals surface area contributed by atoms with Crippen LogP contribution < -0.4 is 10.6 Å². The van der Waals surface area contributed by atoms with Gasteiger partial charge in [-0.15, -0.1) is 11.3 Å². The molecule has 1 heterocycles. The number of hydrogen-bond donors (Lipinski definition) is 2. The number of halogens is 1. The Morgan fingerprint density at radius 1 is 1.11 bits per heavy atom. The van der Waals surface area contributed by atoms with E-state index in [0.29, 0.717) is 15.6 Å².